The summed E-state index contributed by atoms with van der Waals surface area (Å²) >= 11 is 0. The molecular weight excluding hydrogens is 859 g/mol. The molecule has 402 valence electrons. The van der Waals surface area contributed by atoms with Crippen molar-refractivity contribution >= 4 is 5.91 Å². The molecule has 0 spiro atoms. The van der Waals surface area contributed by atoms with Gasteiger partial charge in [-0.2, -0.15) is 0 Å². The van der Waals surface area contributed by atoms with Crippen molar-refractivity contribution in [3.8, 4) is 0 Å². The van der Waals surface area contributed by atoms with E-state index in [1.165, 1.54) is 167 Å². The number of nitrogens with one attached hydrogen (secondary N) is 1. The molecule has 1 aliphatic heterocycles. The van der Waals surface area contributed by atoms with E-state index >= 15 is 0 Å². The van der Waals surface area contributed by atoms with Gasteiger partial charge in [0.2, 0.25) is 5.91 Å². The SMILES string of the molecule is CCCCCCCCCC/C=C\CCCCCCCCC(O)C(=O)NC(COC1OC(CO)C(O)C(O)C1O)C(O)C(O)CCC/C=C/CCCCCCCCCCCCCCCCCCCC. The third kappa shape index (κ3) is 34.8. The maximum atomic E-state index is 13.2. The Bertz CT molecular complexity index is 1160. The number of amides is 1. The van der Waals surface area contributed by atoms with Gasteiger partial charge >= 0.3 is 0 Å². The number of hydrogen-bond donors (Lipinski definition) is 8. The van der Waals surface area contributed by atoms with Crippen molar-refractivity contribution in [3.63, 3.8) is 0 Å². The zero-order valence-electron chi connectivity index (χ0n) is 43.9. The Labute approximate surface area is 416 Å². The van der Waals surface area contributed by atoms with Crippen LogP contribution in [0.1, 0.15) is 264 Å². The number of rotatable bonds is 49. The molecule has 11 nitrogen and oxygen atoms in total. The number of carbonyl (C=O) groups excluding carboxylic acids is 1. The average Bonchev–Trinajstić information content (AvgIpc) is 3.34. The molecule has 0 radical (unpaired) electrons. The largest absolute Gasteiger partial charge is 0.394 e. The molecule has 1 heterocycles. The third-order valence-electron chi connectivity index (χ3n) is 14.0. The van der Waals surface area contributed by atoms with Gasteiger partial charge in [-0.1, -0.05) is 224 Å². The molecule has 0 aromatic carbocycles. The minimum Gasteiger partial charge on any atom is -0.394 e. The monoisotopic (exact) mass is 968 g/mol. The van der Waals surface area contributed by atoms with Crippen LogP contribution in [0.2, 0.25) is 0 Å². The van der Waals surface area contributed by atoms with E-state index in [9.17, 15) is 40.5 Å². The lowest BCUT2D eigenvalue weighted by Gasteiger charge is -2.40. The molecule has 1 rings (SSSR count). The third-order valence-corrected chi connectivity index (χ3v) is 14.0. The summed E-state index contributed by atoms with van der Waals surface area (Å²) in [5.41, 5.74) is 0. The van der Waals surface area contributed by atoms with Crippen molar-refractivity contribution in [2.75, 3.05) is 13.2 Å². The maximum Gasteiger partial charge on any atom is 0.249 e. The lowest BCUT2D eigenvalue weighted by molar-refractivity contribution is -0.303. The second-order valence-electron chi connectivity index (χ2n) is 20.4. The van der Waals surface area contributed by atoms with Gasteiger partial charge in [0.15, 0.2) is 6.29 Å². The number of hydrogen-bond acceptors (Lipinski definition) is 10. The summed E-state index contributed by atoms with van der Waals surface area (Å²) in [7, 11) is 0. The smallest absolute Gasteiger partial charge is 0.249 e. The van der Waals surface area contributed by atoms with E-state index in [4.69, 9.17) is 9.47 Å². The van der Waals surface area contributed by atoms with Gasteiger partial charge in [0.25, 0.3) is 0 Å². The second kappa shape index (κ2) is 46.6. The summed E-state index contributed by atoms with van der Waals surface area (Å²) in [6.45, 7) is 3.46. The first-order valence-electron chi connectivity index (χ1n) is 28.7. The van der Waals surface area contributed by atoms with Crippen LogP contribution in [-0.4, -0.2) is 110 Å². The number of aliphatic hydroxyl groups excluding tert-OH is 7. The molecule has 1 amide bonds. The average molecular weight is 968 g/mol. The predicted molar refractivity (Wildman–Crippen MR) is 279 cm³/mol. The standard InChI is InChI=1S/C57H109NO10/c1-3-5-7-9-11-13-15-17-19-21-23-24-25-26-27-29-30-32-34-36-38-40-42-44-49(60)52(62)48(47-67-57-55(65)54(64)53(63)51(46-59)68-57)58-56(66)50(61)45-43-41-39-37-35-33-31-28-22-20-18-16-14-12-10-8-6-4-2/h22,28,36,38,48-55,57,59-65H,3-21,23-27,29-35,37,39-47H2,1-2H3,(H,58,66)/b28-22-,38-36+. The molecule has 0 saturated carbocycles. The molecule has 8 N–H and O–H groups in total. The van der Waals surface area contributed by atoms with Crippen LogP contribution in [0, 0.1) is 0 Å². The number of carbonyl (C=O) groups is 1. The van der Waals surface area contributed by atoms with E-state index in [1.54, 1.807) is 0 Å². The first-order chi connectivity index (χ1) is 33.2. The fourth-order valence-electron chi connectivity index (χ4n) is 9.26. The highest BCUT2D eigenvalue weighted by Crippen LogP contribution is 2.23. The molecule has 9 atom stereocenters. The molecule has 9 unspecified atom stereocenters. The van der Waals surface area contributed by atoms with E-state index < -0.39 is 74.2 Å². The van der Waals surface area contributed by atoms with Crippen molar-refractivity contribution in [3.05, 3.63) is 24.3 Å². The van der Waals surface area contributed by atoms with Crippen LogP contribution in [-0.2, 0) is 14.3 Å². The molecule has 1 aliphatic rings. The van der Waals surface area contributed by atoms with Gasteiger partial charge in [0.1, 0.15) is 36.6 Å². The molecular formula is C57H109NO10. The van der Waals surface area contributed by atoms with Crippen molar-refractivity contribution in [1.82, 2.24) is 5.32 Å². The first-order valence-corrected chi connectivity index (χ1v) is 28.7. The van der Waals surface area contributed by atoms with E-state index in [0.717, 1.165) is 57.8 Å². The quantitative estimate of drug-likeness (QED) is 0.0215. The topological polar surface area (TPSA) is 189 Å². The zero-order valence-corrected chi connectivity index (χ0v) is 43.9. The van der Waals surface area contributed by atoms with Crippen LogP contribution in [0.15, 0.2) is 24.3 Å². The lowest BCUT2D eigenvalue weighted by Crippen LogP contribution is -2.60. The number of aliphatic hydroxyl groups is 7. The molecule has 1 saturated heterocycles. The normalized spacial score (nSPS) is 20.6. The van der Waals surface area contributed by atoms with Crippen LogP contribution in [0.3, 0.4) is 0 Å². The number of unbranched alkanes of at least 4 members (excludes halogenated alkanes) is 33. The van der Waals surface area contributed by atoms with E-state index in [0.29, 0.717) is 12.8 Å². The van der Waals surface area contributed by atoms with Gasteiger partial charge in [-0.15, -0.1) is 0 Å². The molecule has 0 aromatic heterocycles. The fraction of sp³-hybridized carbons (Fsp3) is 0.912. The number of ether oxygens (including phenoxy) is 2. The zero-order chi connectivity index (χ0) is 49.7. The van der Waals surface area contributed by atoms with Crippen LogP contribution in [0.4, 0.5) is 0 Å². The molecule has 1 fully saturated rings. The molecule has 0 aromatic rings. The Balaban J connectivity index is 2.34. The van der Waals surface area contributed by atoms with Gasteiger partial charge in [0, 0.05) is 0 Å². The Morgan fingerprint density at radius 2 is 0.868 bits per heavy atom. The van der Waals surface area contributed by atoms with E-state index in [1.807, 2.05) is 0 Å². The summed E-state index contributed by atoms with van der Waals surface area (Å²) in [6.07, 6.45) is 43.7. The summed E-state index contributed by atoms with van der Waals surface area (Å²) in [4.78, 5) is 13.2. The van der Waals surface area contributed by atoms with Crippen molar-refractivity contribution < 1.29 is 50.0 Å². The van der Waals surface area contributed by atoms with Crippen molar-refractivity contribution in [2.24, 2.45) is 0 Å². The Kier molecular flexibility index (Phi) is 44.3. The predicted octanol–water partition coefficient (Wildman–Crippen LogP) is 11.7. The van der Waals surface area contributed by atoms with Crippen LogP contribution < -0.4 is 5.32 Å². The summed E-state index contributed by atoms with van der Waals surface area (Å²) in [5.74, 6) is -0.708. The maximum absolute atomic E-state index is 13.2. The highest BCUT2D eigenvalue weighted by molar-refractivity contribution is 5.80. The highest BCUT2D eigenvalue weighted by atomic mass is 16.7. The molecule has 0 bridgehead atoms. The summed E-state index contributed by atoms with van der Waals surface area (Å²) < 4.78 is 11.1. The minimum atomic E-state index is -1.67. The van der Waals surface area contributed by atoms with E-state index in [2.05, 4.69) is 43.5 Å². The first kappa shape index (κ1) is 64.6. The summed E-state index contributed by atoms with van der Waals surface area (Å²) in [6, 6.07) is -1.19. The van der Waals surface area contributed by atoms with Crippen LogP contribution in [0.25, 0.3) is 0 Å². The van der Waals surface area contributed by atoms with Gasteiger partial charge in [-0.3, -0.25) is 4.79 Å². The van der Waals surface area contributed by atoms with Crippen molar-refractivity contribution in [1.29, 1.82) is 0 Å². The Morgan fingerprint density at radius 1 is 0.500 bits per heavy atom. The number of allylic oxidation sites excluding steroid dienone is 4. The molecule has 0 aliphatic carbocycles. The lowest BCUT2D eigenvalue weighted by atomic mass is 9.98. The van der Waals surface area contributed by atoms with E-state index in [-0.39, 0.29) is 12.8 Å². The van der Waals surface area contributed by atoms with Crippen LogP contribution >= 0.6 is 0 Å². The van der Waals surface area contributed by atoms with Gasteiger partial charge in [-0.25, -0.2) is 0 Å². The second-order valence-corrected chi connectivity index (χ2v) is 20.4. The fourth-order valence-corrected chi connectivity index (χ4v) is 9.26. The molecule has 68 heavy (non-hydrogen) atoms. The van der Waals surface area contributed by atoms with Gasteiger partial charge < -0.3 is 50.5 Å². The van der Waals surface area contributed by atoms with Gasteiger partial charge in [-0.05, 0) is 64.2 Å². The summed E-state index contributed by atoms with van der Waals surface area (Å²) in [5, 5.41) is 76.1. The molecule has 11 heteroatoms. The Hall–Kier alpha value is -1.41. The highest BCUT2D eigenvalue weighted by Gasteiger charge is 2.44. The van der Waals surface area contributed by atoms with Crippen molar-refractivity contribution in [2.45, 2.75) is 319 Å². The Morgan fingerprint density at radius 3 is 1.26 bits per heavy atom. The minimum absolute atomic E-state index is 0.248. The van der Waals surface area contributed by atoms with Crippen LogP contribution in [0.5, 0.6) is 0 Å². The van der Waals surface area contributed by atoms with Gasteiger partial charge in [0.05, 0.1) is 25.4 Å².